The topological polar surface area (TPSA) is 61.5 Å². The first kappa shape index (κ1) is 13.6. The minimum Gasteiger partial charge on any atom is -0.496 e. The van der Waals surface area contributed by atoms with Gasteiger partial charge in [-0.05, 0) is 25.1 Å². The number of carbonyl (C=O) groups excluding carboxylic acids is 1. The molecule has 0 aliphatic rings. The molecule has 0 radical (unpaired) electrons. The van der Waals surface area contributed by atoms with Gasteiger partial charge in [0.25, 0.3) is 0 Å². The van der Waals surface area contributed by atoms with E-state index in [0.717, 1.165) is 4.47 Å². The standard InChI is InChI=1S/C12H14BrNO3/c1-3-17-12(15)5-4-9-10(14)6-8(13)7-11(9)16-2/h4-7H,3,14H2,1-2H3. The zero-order valence-electron chi connectivity index (χ0n) is 9.70. The van der Waals surface area contributed by atoms with E-state index in [-0.39, 0.29) is 0 Å². The third-order valence-electron chi connectivity index (χ3n) is 2.03. The molecule has 5 heteroatoms. The van der Waals surface area contributed by atoms with Gasteiger partial charge in [-0.1, -0.05) is 15.9 Å². The molecule has 0 aliphatic carbocycles. The molecule has 0 aliphatic heterocycles. The first-order valence-corrected chi connectivity index (χ1v) is 5.85. The van der Waals surface area contributed by atoms with Gasteiger partial charge in [-0.3, -0.25) is 0 Å². The number of ether oxygens (including phenoxy) is 2. The monoisotopic (exact) mass is 299 g/mol. The number of rotatable bonds is 4. The molecule has 0 aromatic heterocycles. The van der Waals surface area contributed by atoms with Crippen LogP contribution in [0.5, 0.6) is 5.75 Å². The molecule has 0 amide bonds. The van der Waals surface area contributed by atoms with Gasteiger partial charge in [0.2, 0.25) is 0 Å². The predicted molar refractivity (Wildman–Crippen MR) is 70.8 cm³/mol. The summed E-state index contributed by atoms with van der Waals surface area (Å²) in [5.74, 6) is 0.189. The predicted octanol–water partition coefficient (Wildman–Crippen LogP) is 2.62. The number of hydrogen-bond donors (Lipinski definition) is 1. The lowest BCUT2D eigenvalue weighted by Gasteiger charge is -2.08. The number of halogens is 1. The number of nitrogen functional groups attached to an aromatic ring is 1. The molecule has 1 aromatic rings. The van der Waals surface area contributed by atoms with Crippen molar-refractivity contribution in [1.29, 1.82) is 0 Å². The van der Waals surface area contributed by atoms with Gasteiger partial charge in [-0.25, -0.2) is 4.79 Å². The molecule has 2 N–H and O–H groups in total. The first-order chi connectivity index (χ1) is 8.08. The second-order valence-corrected chi connectivity index (χ2v) is 4.11. The molecule has 0 fully saturated rings. The second-order valence-electron chi connectivity index (χ2n) is 3.20. The van der Waals surface area contributed by atoms with Gasteiger partial charge in [-0.15, -0.1) is 0 Å². The molecule has 4 nitrogen and oxygen atoms in total. The van der Waals surface area contributed by atoms with E-state index >= 15 is 0 Å². The smallest absolute Gasteiger partial charge is 0.330 e. The number of esters is 1. The maximum Gasteiger partial charge on any atom is 0.330 e. The fourth-order valence-corrected chi connectivity index (χ4v) is 1.76. The molecule has 0 saturated heterocycles. The lowest BCUT2D eigenvalue weighted by molar-refractivity contribution is -0.137. The van der Waals surface area contributed by atoms with Gasteiger partial charge in [0, 0.05) is 21.8 Å². The van der Waals surface area contributed by atoms with Crippen LogP contribution < -0.4 is 10.5 Å². The zero-order valence-corrected chi connectivity index (χ0v) is 11.3. The van der Waals surface area contributed by atoms with E-state index in [1.165, 1.54) is 6.08 Å². The van der Waals surface area contributed by atoms with Crippen LogP contribution in [0.25, 0.3) is 6.08 Å². The highest BCUT2D eigenvalue weighted by molar-refractivity contribution is 9.10. The Balaban J connectivity index is 3.01. The van der Waals surface area contributed by atoms with Crippen LogP contribution in [-0.2, 0) is 9.53 Å². The van der Waals surface area contributed by atoms with Crippen molar-refractivity contribution in [1.82, 2.24) is 0 Å². The number of anilines is 1. The fraction of sp³-hybridized carbons (Fsp3) is 0.250. The molecule has 0 saturated carbocycles. The molecule has 1 aromatic carbocycles. The number of methoxy groups -OCH3 is 1. The van der Waals surface area contributed by atoms with Crippen molar-refractivity contribution in [2.24, 2.45) is 0 Å². The van der Waals surface area contributed by atoms with E-state index in [1.807, 2.05) is 0 Å². The Bertz CT molecular complexity index is 444. The number of hydrogen-bond acceptors (Lipinski definition) is 4. The summed E-state index contributed by atoms with van der Waals surface area (Å²) in [6, 6.07) is 3.52. The minimum absolute atomic E-state index is 0.343. The van der Waals surface area contributed by atoms with E-state index in [4.69, 9.17) is 15.2 Å². The van der Waals surface area contributed by atoms with E-state index in [1.54, 1.807) is 32.2 Å². The summed E-state index contributed by atoms with van der Waals surface area (Å²) >= 11 is 3.32. The van der Waals surface area contributed by atoms with Crippen LogP contribution in [0.15, 0.2) is 22.7 Å². The largest absolute Gasteiger partial charge is 0.496 e. The Morgan fingerprint density at radius 3 is 2.82 bits per heavy atom. The summed E-state index contributed by atoms with van der Waals surface area (Å²) in [5.41, 5.74) is 7.03. The Hall–Kier alpha value is -1.49. The van der Waals surface area contributed by atoms with Crippen LogP contribution in [0.1, 0.15) is 12.5 Å². The van der Waals surface area contributed by atoms with Crippen LogP contribution in [0.4, 0.5) is 5.69 Å². The van der Waals surface area contributed by atoms with Gasteiger partial charge in [0.15, 0.2) is 0 Å². The average Bonchev–Trinajstić information content (AvgIpc) is 2.27. The third-order valence-corrected chi connectivity index (χ3v) is 2.49. The fourth-order valence-electron chi connectivity index (χ4n) is 1.30. The van der Waals surface area contributed by atoms with Crippen LogP contribution >= 0.6 is 15.9 Å². The van der Waals surface area contributed by atoms with Crippen molar-refractivity contribution in [2.75, 3.05) is 19.5 Å². The van der Waals surface area contributed by atoms with Crippen molar-refractivity contribution in [3.63, 3.8) is 0 Å². The highest BCUT2D eigenvalue weighted by atomic mass is 79.9. The lowest BCUT2D eigenvalue weighted by atomic mass is 10.1. The Morgan fingerprint density at radius 2 is 2.24 bits per heavy atom. The van der Waals surface area contributed by atoms with E-state index < -0.39 is 5.97 Å². The Morgan fingerprint density at radius 1 is 1.53 bits per heavy atom. The highest BCUT2D eigenvalue weighted by Gasteiger charge is 2.06. The molecular formula is C12H14BrNO3. The lowest BCUT2D eigenvalue weighted by Crippen LogP contribution is -2.00. The van der Waals surface area contributed by atoms with Crippen molar-refractivity contribution in [3.8, 4) is 5.75 Å². The number of nitrogens with two attached hydrogens (primary N) is 1. The molecule has 92 valence electrons. The van der Waals surface area contributed by atoms with Gasteiger partial charge in [-0.2, -0.15) is 0 Å². The number of benzene rings is 1. The molecule has 1 rings (SSSR count). The summed E-state index contributed by atoms with van der Waals surface area (Å²) in [6.45, 7) is 2.09. The molecule has 0 bridgehead atoms. The highest BCUT2D eigenvalue weighted by Crippen LogP contribution is 2.30. The summed E-state index contributed by atoms with van der Waals surface area (Å²) in [6.07, 6.45) is 2.91. The maximum absolute atomic E-state index is 11.2. The van der Waals surface area contributed by atoms with E-state index in [9.17, 15) is 4.79 Å². The Labute approximate surface area is 109 Å². The van der Waals surface area contributed by atoms with Gasteiger partial charge in [0.05, 0.1) is 13.7 Å². The minimum atomic E-state index is -0.406. The molecule has 17 heavy (non-hydrogen) atoms. The summed E-state index contributed by atoms with van der Waals surface area (Å²) in [7, 11) is 1.54. The quantitative estimate of drug-likeness (QED) is 0.527. The summed E-state index contributed by atoms with van der Waals surface area (Å²) < 4.78 is 10.8. The normalized spacial score (nSPS) is 10.5. The van der Waals surface area contributed by atoms with Crippen molar-refractivity contribution >= 4 is 33.7 Å². The summed E-state index contributed by atoms with van der Waals surface area (Å²) in [4.78, 5) is 11.2. The Kier molecular flexibility index (Phi) is 5.03. The van der Waals surface area contributed by atoms with E-state index in [0.29, 0.717) is 23.6 Å². The molecule has 0 unspecified atom stereocenters. The average molecular weight is 300 g/mol. The first-order valence-electron chi connectivity index (χ1n) is 5.06. The number of carbonyl (C=O) groups is 1. The van der Waals surface area contributed by atoms with Crippen LogP contribution in [-0.4, -0.2) is 19.7 Å². The van der Waals surface area contributed by atoms with Crippen LogP contribution in [0.3, 0.4) is 0 Å². The van der Waals surface area contributed by atoms with Crippen LogP contribution in [0, 0.1) is 0 Å². The molecule has 0 spiro atoms. The van der Waals surface area contributed by atoms with Crippen LogP contribution in [0.2, 0.25) is 0 Å². The molecular weight excluding hydrogens is 286 g/mol. The zero-order chi connectivity index (χ0) is 12.8. The SMILES string of the molecule is CCOC(=O)C=Cc1c(N)cc(Br)cc1OC. The van der Waals surface area contributed by atoms with Gasteiger partial charge >= 0.3 is 5.97 Å². The summed E-state index contributed by atoms with van der Waals surface area (Å²) in [5, 5.41) is 0. The molecule has 0 heterocycles. The van der Waals surface area contributed by atoms with E-state index in [2.05, 4.69) is 15.9 Å². The van der Waals surface area contributed by atoms with Crippen molar-refractivity contribution < 1.29 is 14.3 Å². The maximum atomic E-state index is 11.2. The van der Waals surface area contributed by atoms with Crippen molar-refractivity contribution in [3.05, 3.63) is 28.2 Å². The van der Waals surface area contributed by atoms with Crippen molar-refractivity contribution in [2.45, 2.75) is 6.92 Å². The third kappa shape index (κ3) is 3.78. The molecule has 0 atom stereocenters. The van der Waals surface area contributed by atoms with Gasteiger partial charge in [0.1, 0.15) is 5.75 Å². The van der Waals surface area contributed by atoms with Gasteiger partial charge < -0.3 is 15.2 Å². The second kappa shape index (κ2) is 6.30.